The topological polar surface area (TPSA) is 70.7 Å². The predicted octanol–water partition coefficient (Wildman–Crippen LogP) is 2.37. The fraction of sp³-hybridized carbons (Fsp3) is 0.0714. The van der Waals surface area contributed by atoms with Crippen LogP contribution in [0, 0.1) is 6.92 Å². The monoisotopic (exact) mass is 252 g/mol. The van der Waals surface area contributed by atoms with Crippen LogP contribution in [0.25, 0.3) is 10.8 Å². The molecule has 0 amide bonds. The summed E-state index contributed by atoms with van der Waals surface area (Å²) in [6.07, 6.45) is 0. The van der Waals surface area contributed by atoms with Crippen molar-refractivity contribution in [3.63, 3.8) is 0 Å². The van der Waals surface area contributed by atoms with Crippen molar-refractivity contribution in [2.24, 2.45) is 0 Å². The van der Waals surface area contributed by atoms with Crippen molar-refractivity contribution in [3.05, 3.63) is 58.6 Å². The number of rotatable bonds is 2. The first-order chi connectivity index (χ1) is 9.22. The predicted molar refractivity (Wildman–Crippen MR) is 74.6 cm³/mol. The van der Waals surface area contributed by atoms with Crippen molar-refractivity contribution in [3.8, 4) is 0 Å². The lowest BCUT2D eigenvalue weighted by molar-refractivity contribution is 0.885. The van der Waals surface area contributed by atoms with E-state index in [2.05, 4.69) is 26.6 Å². The molecular weight excluding hydrogens is 240 g/mol. The summed E-state index contributed by atoms with van der Waals surface area (Å²) in [6.45, 7) is 1.78. The van der Waals surface area contributed by atoms with Crippen LogP contribution >= 0.6 is 0 Å². The first kappa shape index (κ1) is 11.4. The third kappa shape index (κ3) is 2.30. The van der Waals surface area contributed by atoms with E-state index in [1.165, 1.54) is 5.39 Å². The van der Waals surface area contributed by atoms with E-state index in [0.717, 1.165) is 11.1 Å². The Kier molecular flexibility index (Phi) is 2.72. The zero-order valence-electron chi connectivity index (χ0n) is 10.3. The molecule has 0 unspecified atom stereocenters. The molecule has 0 aliphatic rings. The van der Waals surface area contributed by atoms with Gasteiger partial charge < -0.3 is 5.32 Å². The second-order valence-electron chi connectivity index (χ2n) is 4.26. The van der Waals surface area contributed by atoms with Gasteiger partial charge in [-0.05, 0) is 29.8 Å². The zero-order chi connectivity index (χ0) is 13.2. The molecule has 1 aromatic heterocycles. The Morgan fingerprint density at radius 1 is 1.11 bits per heavy atom. The highest BCUT2D eigenvalue weighted by atomic mass is 16.1. The molecule has 3 rings (SSSR count). The molecule has 0 atom stereocenters. The Morgan fingerprint density at radius 3 is 2.74 bits per heavy atom. The van der Waals surface area contributed by atoms with E-state index >= 15 is 0 Å². The third-order valence-corrected chi connectivity index (χ3v) is 2.89. The second kappa shape index (κ2) is 4.53. The number of hydrogen-bond acceptors (Lipinski definition) is 4. The normalized spacial score (nSPS) is 10.6. The van der Waals surface area contributed by atoms with Crippen LogP contribution in [0.4, 0.5) is 11.5 Å². The highest BCUT2D eigenvalue weighted by Crippen LogP contribution is 2.21. The summed E-state index contributed by atoms with van der Waals surface area (Å²) in [7, 11) is 0. The molecule has 2 aromatic carbocycles. The minimum atomic E-state index is -0.464. The number of aromatic nitrogens is 3. The number of nitrogens with zero attached hydrogens (tertiary/aromatic N) is 2. The van der Waals surface area contributed by atoms with Gasteiger partial charge in [-0.3, -0.25) is 0 Å². The molecule has 94 valence electrons. The number of benzene rings is 2. The van der Waals surface area contributed by atoms with Gasteiger partial charge in [0, 0.05) is 5.69 Å². The maximum absolute atomic E-state index is 11.2. The van der Waals surface area contributed by atoms with Gasteiger partial charge in [0.2, 0.25) is 0 Å². The minimum absolute atomic E-state index is 0.464. The summed E-state index contributed by atoms with van der Waals surface area (Å²) in [5.74, 6) is 0.471. The number of anilines is 2. The van der Waals surface area contributed by atoms with Crippen LogP contribution in [0.5, 0.6) is 0 Å². The largest absolute Gasteiger partial charge is 0.363 e. The van der Waals surface area contributed by atoms with E-state index in [0.29, 0.717) is 11.5 Å². The highest BCUT2D eigenvalue weighted by Gasteiger charge is 2.03. The van der Waals surface area contributed by atoms with Crippen LogP contribution in [-0.2, 0) is 0 Å². The average Bonchev–Trinajstić information content (AvgIpc) is 2.43. The Bertz CT molecular complexity index is 795. The molecule has 0 aliphatic carbocycles. The number of fused-ring (bicyclic) bond motifs is 1. The molecule has 0 saturated carbocycles. The van der Waals surface area contributed by atoms with Crippen molar-refractivity contribution in [2.45, 2.75) is 6.92 Å². The fourth-order valence-electron chi connectivity index (χ4n) is 1.91. The second-order valence-corrected chi connectivity index (χ2v) is 4.26. The summed E-state index contributed by atoms with van der Waals surface area (Å²) in [4.78, 5) is 15.0. The summed E-state index contributed by atoms with van der Waals surface area (Å²) in [5, 5.41) is 11.6. The van der Waals surface area contributed by atoms with Crippen LogP contribution in [0.3, 0.4) is 0 Å². The lowest BCUT2D eigenvalue weighted by Gasteiger charge is -2.07. The maximum Gasteiger partial charge on any atom is 0.363 e. The lowest BCUT2D eigenvalue weighted by Crippen LogP contribution is -2.15. The van der Waals surface area contributed by atoms with E-state index in [4.69, 9.17) is 0 Å². The molecule has 5 nitrogen and oxygen atoms in total. The Morgan fingerprint density at radius 2 is 1.89 bits per heavy atom. The first-order valence-corrected chi connectivity index (χ1v) is 5.91. The third-order valence-electron chi connectivity index (χ3n) is 2.89. The van der Waals surface area contributed by atoms with Gasteiger partial charge in [0.15, 0.2) is 5.82 Å². The van der Waals surface area contributed by atoms with Crippen LogP contribution in [-0.4, -0.2) is 15.2 Å². The summed E-state index contributed by atoms with van der Waals surface area (Å²) < 4.78 is 0. The lowest BCUT2D eigenvalue weighted by atomic mass is 10.1. The SMILES string of the molecule is Cc1n[nH]c(=O)nc1Nc1ccc2ccccc2c1. The number of aromatic amines is 1. The molecule has 19 heavy (non-hydrogen) atoms. The van der Waals surface area contributed by atoms with E-state index < -0.39 is 5.69 Å². The summed E-state index contributed by atoms with van der Waals surface area (Å²) >= 11 is 0. The van der Waals surface area contributed by atoms with E-state index in [1.807, 2.05) is 36.4 Å². The molecule has 0 radical (unpaired) electrons. The van der Waals surface area contributed by atoms with Crippen molar-refractivity contribution >= 4 is 22.3 Å². The first-order valence-electron chi connectivity index (χ1n) is 5.91. The van der Waals surface area contributed by atoms with Crippen molar-refractivity contribution in [2.75, 3.05) is 5.32 Å². The Labute approximate surface area is 109 Å². The van der Waals surface area contributed by atoms with Gasteiger partial charge in [0.25, 0.3) is 0 Å². The Balaban J connectivity index is 2.01. The van der Waals surface area contributed by atoms with Gasteiger partial charge in [0.1, 0.15) is 5.69 Å². The van der Waals surface area contributed by atoms with Gasteiger partial charge in [0.05, 0.1) is 0 Å². The fourth-order valence-corrected chi connectivity index (χ4v) is 1.91. The number of hydrogen-bond donors (Lipinski definition) is 2. The molecule has 1 heterocycles. The standard InChI is InChI=1S/C14H12N4O/c1-9-13(16-14(19)18-17-9)15-12-7-6-10-4-2-3-5-11(10)8-12/h2-8H,1H3,(H2,15,16,18,19). The molecule has 0 saturated heterocycles. The highest BCUT2D eigenvalue weighted by molar-refractivity contribution is 5.86. The number of H-pyrrole nitrogens is 1. The molecule has 0 fully saturated rings. The molecule has 0 spiro atoms. The maximum atomic E-state index is 11.2. The Hall–Kier alpha value is -2.69. The summed E-state index contributed by atoms with van der Waals surface area (Å²) in [5.41, 5.74) is 1.06. The average molecular weight is 252 g/mol. The van der Waals surface area contributed by atoms with Crippen LogP contribution in [0.1, 0.15) is 5.69 Å². The molecule has 5 heteroatoms. The van der Waals surface area contributed by atoms with E-state index in [1.54, 1.807) is 6.92 Å². The smallest absolute Gasteiger partial charge is 0.338 e. The minimum Gasteiger partial charge on any atom is -0.338 e. The summed E-state index contributed by atoms with van der Waals surface area (Å²) in [6, 6.07) is 14.1. The van der Waals surface area contributed by atoms with Crippen LogP contribution in [0.2, 0.25) is 0 Å². The number of nitrogens with one attached hydrogen (secondary N) is 2. The molecule has 2 N–H and O–H groups in total. The van der Waals surface area contributed by atoms with Gasteiger partial charge in [-0.15, -0.1) is 0 Å². The molecule has 0 bridgehead atoms. The van der Waals surface area contributed by atoms with E-state index in [-0.39, 0.29) is 0 Å². The van der Waals surface area contributed by atoms with Crippen LogP contribution < -0.4 is 11.0 Å². The molecule has 3 aromatic rings. The van der Waals surface area contributed by atoms with Gasteiger partial charge in [-0.1, -0.05) is 30.3 Å². The van der Waals surface area contributed by atoms with Gasteiger partial charge in [-0.25, -0.2) is 9.89 Å². The quantitative estimate of drug-likeness (QED) is 0.734. The molecule has 0 aliphatic heterocycles. The van der Waals surface area contributed by atoms with Gasteiger partial charge in [-0.2, -0.15) is 10.1 Å². The van der Waals surface area contributed by atoms with Crippen LogP contribution in [0.15, 0.2) is 47.3 Å². The van der Waals surface area contributed by atoms with E-state index in [9.17, 15) is 4.79 Å². The zero-order valence-corrected chi connectivity index (χ0v) is 10.3. The van der Waals surface area contributed by atoms with Crippen molar-refractivity contribution < 1.29 is 0 Å². The molecular formula is C14H12N4O. The number of aryl methyl sites for hydroxylation is 1. The van der Waals surface area contributed by atoms with Gasteiger partial charge >= 0.3 is 5.69 Å². The van der Waals surface area contributed by atoms with Crippen molar-refractivity contribution in [1.29, 1.82) is 0 Å². The van der Waals surface area contributed by atoms with Crippen molar-refractivity contribution in [1.82, 2.24) is 15.2 Å².